The number of fused-ring (bicyclic) bond motifs is 1. The lowest BCUT2D eigenvalue weighted by Gasteiger charge is -2.10. The van der Waals surface area contributed by atoms with Gasteiger partial charge in [0.15, 0.2) is 0 Å². The minimum absolute atomic E-state index is 0.252. The van der Waals surface area contributed by atoms with E-state index >= 15 is 0 Å². The molecule has 0 aliphatic rings. The van der Waals surface area contributed by atoms with Crippen molar-refractivity contribution in [1.29, 1.82) is 0 Å². The molecule has 3 aromatic rings. The molecular formula is C20H16O2S. The molecule has 0 radical (unpaired) electrons. The average Bonchev–Trinajstić information content (AvgIpc) is 2.60. The van der Waals surface area contributed by atoms with E-state index in [-0.39, 0.29) is 6.61 Å². The van der Waals surface area contributed by atoms with E-state index in [4.69, 9.17) is 4.74 Å². The number of carbonyl (C=O) groups excluding carboxylic acids is 1. The van der Waals surface area contributed by atoms with E-state index in [1.54, 1.807) is 11.8 Å². The summed E-state index contributed by atoms with van der Waals surface area (Å²) in [6, 6.07) is 22.6. The Morgan fingerprint density at radius 3 is 2.57 bits per heavy atom. The number of rotatable bonds is 5. The second-order valence-corrected chi connectivity index (χ2v) is 6.15. The fourth-order valence-corrected chi connectivity index (χ4v) is 3.27. The lowest BCUT2D eigenvalue weighted by Crippen LogP contribution is -2.01. The van der Waals surface area contributed by atoms with Gasteiger partial charge in [0, 0.05) is 21.4 Å². The van der Waals surface area contributed by atoms with Crippen molar-refractivity contribution in [3.63, 3.8) is 0 Å². The summed E-state index contributed by atoms with van der Waals surface area (Å²) < 4.78 is 5.16. The van der Waals surface area contributed by atoms with Crippen LogP contribution in [0.2, 0.25) is 0 Å². The molecule has 0 saturated carbocycles. The van der Waals surface area contributed by atoms with Crippen molar-refractivity contribution >= 4 is 28.5 Å². The molecule has 0 fully saturated rings. The first-order chi connectivity index (χ1) is 11.3. The molecule has 23 heavy (non-hydrogen) atoms. The van der Waals surface area contributed by atoms with Gasteiger partial charge in [-0.2, -0.15) is 0 Å². The Labute approximate surface area is 139 Å². The van der Waals surface area contributed by atoms with Crippen molar-refractivity contribution in [3.05, 3.63) is 84.9 Å². The van der Waals surface area contributed by atoms with Gasteiger partial charge < -0.3 is 4.74 Å². The van der Waals surface area contributed by atoms with Gasteiger partial charge in [-0.05, 0) is 29.0 Å². The standard InChI is InChI=1S/C20H16O2S/c1-2-20(21)22-14-17-9-5-6-10-19(17)23-18-12-11-15-7-3-4-8-16(15)13-18/h2-13H,1,14H2. The summed E-state index contributed by atoms with van der Waals surface area (Å²) in [7, 11) is 0. The second-order valence-electron chi connectivity index (χ2n) is 5.03. The highest BCUT2D eigenvalue weighted by Crippen LogP contribution is 2.32. The monoisotopic (exact) mass is 320 g/mol. The first-order valence-electron chi connectivity index (χ1n) is 7.30. The van der Waals surface area contributed by atoms with Gasteiger partial charge >= 0.3 is 5.97 Å². The van der Waals surface area contributed by atoms with Crippen LogP contribution in [-0.4, -0.2) is 5.97 Å². The minimum atomic E-state index is -0.407. The van der Waals surface area contributed by atoms with Crippen LogP contribution in [0.1, 0.15) is 5.56 Å². The highest BCUT2D eigenvalue weighted by Gasteiger charge is 2.06. The summed E-state index contributed by atoms with van der Waals surface area (Å²) in [6.45, 7) is 3.66. The summed E-state index contributed by atoms with van der Waals surface area (Å²) in [4.78, 5) is 13.5. The Balaban J connectivity index is 1.83. The highest BCUT2D eigenvalue weighted by atomic mass is 32.2. The van der Waals surface area contributed by atoms with Gasteiger partial charge in [-0.15, -0.1) is 0 Å². The zero-order valence-corrected chi connectivity index (χ0v) is 13.4. The first-order valence-corrected chi connectivity index (χ1v) is 8.11. The van der Waals surface area contributed by atoms with Crippen molar-refractivity contribution in [2.45, 2.75) is 16.4 Å². The van der Waals surface area contributed by atoms with Gasteiger partial charge in [-0.25, -0.2) is 4.79 Å². The van der Waals surface area contributed by atoms with Crippen LogP contribution in [0.4, 0.5) is 0 Å². The SMILES string of the molecule is C=CC(=O)OCc1ccccc1Sc1ccc2ccccc2c1. The summed E-state index contributed by atoms with van der Waals surface area (Å²) in [5, 5.41) is 2.44. The molecule has 0 unspecified atom stereocenters. The van der Waals surface area contributed by atoms with Gasteiger partial charge in [-0.1, -0.05) is 66.9 Å². The molecule has 0 amide bonds. The van der Waals surface area contributed by atoms with E-state index in [0.29, 0.717) is 0 Å². The van der Waals surface area contributed by atoms with Gasteiger partial charge in [0.2, 0.25) is 0 Å². The number of esters is 1. The lowest BCUT2D eigenvalue weighted by atomic mass is 10.1. The number of hydrogen-bond acceptors (Lipinski definition) is 3. The van der Waals surface area contributed by atoms with E-state index in [2.05, 4.69) is 36.9 Å². The zero-order chi connectivity index (χ0) is 16.1. The second kappa shape index (κ2) is 7.16. The summed E-state index contributed by atoms with van der Waals surface area (Å²) in [6.07, 6.45) is 1.18. The van der Waals surface area contributed by atoms with Gasteiger partial charge in [0.25, 0.3) is 0 Å². The van der Waals surface area contributed by atoms with E-state index in [0.717, 1.165) is 15.4 Å². The maximum atomic E-state index is 11.3. The summed E-state index contributed by atoms with van der Waals surface area (Å²) >= 11 is 1.67. The van der Waals surface area contributed by atoms with Crippen molar-refractivity contribution in [1.82, 2.24) is 0 Å². The van der Waals surface area contributed by atoms with Crippen LogP contribution in [0.25, 0.3) is 10.8 Å². The van der Waals surface area contributed by atoms with Crippen LogP contribution in [0.15, 0.2) is 89.2 Å². The Bertz CT molecular complexity index is 855. The molecule has 0 aliphatic heterocycles. The van der Waals surface area contributed by atoms with Gasteiger partial charge in [0.1, 0.15) is 6.61 Å². The van der Waals surface area contributed by atoms with Crippen LogP contribution in [0.5, 0.6) is 0 Å². The Morgan fingerprint density at radius 2 is 1.74 bits per heavy atom. The molecule has 0 atom stereocenters. The molecule has 3 aromatic carbocycles. The highest BCUT2D eigenvalue weighted by molar-refractivity contribution is 7.99. The van der Waals surface area contributed by atoms with Crippen LogP contribution >= 0.6 is 11.8 Å². The Morgan fingerprint density at radius 1 is 1.00 bits per heavy atom. The predicted molar refractivity (Wildman–Crippen MR) is 94.5 cm³/mol. The summed E-state index contributed by atoms with van der Waals surface area (Å²) in [5.41, 5.74) is 0.987. The van der Waals surface area contributed by atoms with Crippen LogP contribution < -0.4 is 0 Å². The van der Waals surface area contributed by atoms with E-state index in [1.807, 2.05) is 36.4 Å². The molecule has 3 heteroatoms. The number of ether oxygens (including phenoxy) is 1. The van der Waals surface area contributed by atoms with Gasteiger partial charge in [-0.3, -0.25) is 0 Å². The maximum Gasteiger partial charge on any atom is 0.330 e. The fraction of sp³-hybridized carbons (Fsp3) is 0.0500. The molecular weight excluding hydrogens is 304 g/mol. The third kappa shape index (κ3) is 3.82. The van der Waals surface area contributed by atoms with Crippen molar-refractivity contribution in [2.75, 3.05) is 0 Å². The van der Waals surface area contributed by atoms with Crippen molar-refractivity contribution in [3.8, 4) is 0 Å². The van der Waals surface area contributed by atoms with E-state index < -0.39 is 5.97 Å². The zero-order valence-electron chi connectivity index (χ0n) is 12.6. The molecule has 0 N–H and O–H groups in total. The molecule has 0 aromatic heterocycles. The molecule has 0 heterocycles. The normalized spacial score (nSPS) is 10.4. The third-order valence-corrected chi connectivity index (χ3v) is 4.57. The smallest absolute Gasteiger partial charge is 0.330 e. The van der Waals surface area contributed by atoms with E-state index in [9.17, 15) is 4.79 Å². The number of carbonyl (C=O) groups is 1. The molecule has 0 bridgehead atoms. The Hall–Kier alpha value is -2.52. The van der Waals surface area contributed by atoms with Crippen molar-refractivity contribution < 1.29 is 9.53 Å². The number of benzene rings is 3. The molecule has 0 saturated heterocycles. The lowest BCUT2D eigenvalue weighted by molar-refractivity contribution is -0.139. The largest absolute Gasteiger partial charge is 0.458 e. The molecule has 3 rings (SSSR count). The molecule has 2 nitrogen and oxygen atoms in total. The van der Waals surface area contributed by atoms with Crippen molar-refractivity contribution in [2.24, 2.45) is 0 Å². The maximum absolute atomic E-state index is 11.3. The van der Waals surface area contributed by atoms with Crippen LogP contribution in [-0.2, 0) is 16.1 Å². The molecule has 114 valence electrons. The number of hydrogen-bond donors (Lipinski definition) is 0. The Kier molecular flexibility index (Phi) is 4.79. The minimum Gasteiger partial charge on any atom is -0.458 e. The topological polar surface area (TPSA) is 26.3 Å². The molecule has 0 spiro atoms. The van der Waals surface area contributed by atoms with Crippen LogP contribution in [0.3, 0.4) is 0 Å². The third-order valence-electron chi connectivity index (χ3n) is 3.46. The summed E-state index contributed by atoms with van der Waals surface area (Å²) in [5.74, 6) is -0.407. The fourth-order valence-electron chi connectivity index (χ4n) is 2.29. The molecule has 0 aliphatic carbocycles. The quantitative estimate of drug-likeness (QED) is 0.476. The van der Waals surface area contributed by atoms with Gasteiger partial charge in [0.05, 0.1) is 0 Å². The predicted octanol–water partition coefficient (Wildman–Crippen LogP) is 5.22. The van der Waals surface area contributed by atoms with E-state index in [1.165, 1.54) is 16.8 Å². The first kappa shape index (κ1) is 15.4. The van der Waals surface area contributed by atoms with Crippen LogP contribution in [0, 0.1) is 0 Å². The average molecular weight is 320 g/mol.